The highest BCUT2D eigenvalue weighted by Crippen LogP contribution is 2.25. The molecule has 0 saturated carbocycles. The topological polar surface area (TPSA) is 65.2 Å². The van der Waals surface area contributed by atoms with Crippen molar-refractivity contribution < 1.29 is 9.53 Å². The van der Waals surface area contributed by atoms with E-state index in [-0.39, 0.29) is 11.9 Å². The van der Waals surface area contributed by atoms with Gasteiger partial charge >= 0.3 is 0 Å². The molecule has 0 spiro atoms. The minimum Gasteiger partial charge on any atom is -0.494 e. The summed E-state index contributed by atoms with van der Waals surface area (Å²) < 4.78 is 9.10. The average molecular weight is 365 g/mol. The normalized spacial score (nSPS) is 16.7. The summed E-state index contributed by atoms with van der Waals surface area (Å²) in [6, 6.07) is 9.91. The first-order chi connectivity index (χ1) is 13.1. The lowest BCUT2D eigenvalue weighted by Crippen LogP contribution is -2.29. The number of hydrogen-bond donors (Lipinski definition) is 0. The first kappa shape index (κ1) is 17.3. The smallest absolute Gasteiger partial charge is 0.257 e. The van der Waals surface area contributed by atoms with E-state index in [0.29, 0.717) is 17.9 Å². The van der Waals surface area contributed by atoms with Crippen molar-refractivity contribution in [2.24, 2.45) is 0 Å². The van der Waals surface area contributed by atoms with Crippen LogP contribution in [0, 0.1) is 13.8 Å². The number of likely N-dealkylation sites (tertiary alicyclic amines) is 1. The number of amides is 1. The van der Waals surface area contributed by atoms with Gasteiger partial charge in [-0.25, -0.2) is 4.68 Å². The molecule has 1 fully saturated rings. The van der Waals surface area contributed by atoms with E-state index in [2.05, 4.69) is 23.2 Å². The van der Waals surface area contributed by atoms with Crippen LogP contribution in [0.3, 0.4) is 0 Å². The zero-order valence-electron chi connectivity index (χ0n) is 15.8. The third kappa shape index (κ3) is 3.20. The third-order valence-electron chi connectivity index (χ3n) is 5.00. The second kappa shape index (κ2) is 6.90. The Morgan fingerprint density at radius 3 is 2.81 bits per heavy atom. The molecule has 4 rings (SSSR count). The minimum atomic E-state index is 0.000166. The lowest BCUT2D eigenvalue weighted by atomic mass is 10.2. The molecular weight excluding hydrogens is 342 g/mol. The monoisotopic (exact) mass is 365 g/mol. The molecule has 0 aliphatic carbocycles. The largest absolute Gasteiger partial charge is 0.494 e. The Bertz CT molecular complexity index is 974. The van der Waals surface area contributed by atoms with Crippen LogP contribution in [0.25, 0.3) is 5.69 Å². The highest BCUT2D eigenvalue weighted by atomic mass is 16.5. The maximum Gasteiger partial charge on any atom is 0.257 e. The van der Waals surface area contributed by atoms with E-state index in [1.165, 1.54) is 0 Å². The highest BCUT2D eigenvalue weighted by Gasteiger charge is 2.30. The number of benzene rings is 1. The fourth-order valence-corrected chi connectivity index (χ4v) is 3.71. The Morgan fingerprint density at radius 2 is 2.07 bits per heavy atom. The molecule has 1 saturated heterocycles. The lowest BCUT2D eigenvalue weighted by molar-refractivity contribution is 0.0787. The Labute approximate surface area is 158 Å². The van der Waals surface area contributed by atoms with Gasteiger partial charge in [-0.05, 0) is 38.5 Å². The van der Waals surface area contributed by atoms with Crippen LogP contribution in [0.15, 0.2) is 42.7 Å². The van der Waals surface area contributed by atoms with Crippen molar-refractivity contribution in [3.63, 3.8) is 0 Å². The summed E-state index contributed by atoms with van der Waals surface area (Å²) >= 11 is 0. The Morgan fingerprint density at radius 1 is 1.26 bits per heavy atom. The number of hydrogen-bond acceptors (Lipinski definition) is 4. The summed E-state index contributed by atoms with van der Waals surface area (Å²) in [5, 5.41) is 8.92. The van der Waals surface area contributed by atoms with Crippen molar-refractivity contribution >= 4 is 5.91 Å². The molecule has 1 aliphatic rings. The fourth-order valence-electron chi connectivity index (χ4n) is 3.71. The zero-order chi connectivity index (χ0) is 19.0. The van der Waals surface area contributed by atoms with E-state index in [0.717, 1.165) is 30.0 Å². The predicted octanol–water partition coefficient (Wildman–Crippen LogP) is 2.78. The van der Waals surface area contributed by atoms with Crippen molar-refractivity contribution in [1.82, 2.24) is 24.5 Å². The van der Waals surface area contributed by atoms with Crippen LogP contribution >= 0.6 is 0 Å². The number of nitrogens with zero attached hydrogens (tertiary/aromatic N) is 5. The molecule has 140 valence electrons. The van der Waals surface area contributed by atoms with Gasteiger partial charge in [0.15, 0.2) is 0 Å². The van der Waals surface area contributed by atoms with Crippen molar-refractivity contribution in [2.45, 2.75) is 26.3 Å². The first-order valence-corrected chi connectivity index (χ1v) is 9.07. The number of methoxy groups -OCH3 is 1. The van der Waals surface area contributed by atoms with Crippen LogP contribution in [-0.4, -0.2) is 50.6 Å². The molecule has 1 amide bonds. The molecule has 1 aromatic carbocycles. The molecule has 3 aromatic rings. The molecule has 1 atom stereocenters. The van der Waals surface area contributed by atoms with Gasteiger partial charge in [0.05, 0.1) is 30.6 Å². The standard InChI is InChI=1S/C20H23N5O2/c1-14-10-15(2)25(22-14)17-8-9-23(13-17)20(26)16-11-21-24(12-16)18-6-4-5-7-19(18)27-3/h4-7,10-12,17H,8-9,13H2,1-3H3. The minimum absolute atomic E-state index is 0.000166. The molecule has 27 heavy (non-hydrogen) atoms. The van der Waals surface area contributed by atoms with Crippen LogP contribution in [0.5, 0.6) is 5.75 Å². The van der Waals surface area contributed by atoms with Gasteiger partial charge in [-0.1, -0.05) is 12.1 Å². The van der Waals surface area contributed by atoms with Gasteiger partial charge in [-0.2, -0.15) is 10.2 Å². The quantitative estimate of drug-likeness (QED) is 0.713. The molecule has 1 aliphatic heterocycles. The van der Waals surface area contributed by atoms with E-state index < -0.39 is 0 Å². The molecular formula is C20H23N5O2. The molecule has 3 heterocycles. The number of carbonyl (C=O) groups is 1. The fraction of sp³-hybridized carbons (Fsp3) is 0.350. The van der Waals surface area contributed by atoms with Crippen LogP contribution in [0.2, 0.25) is 0 Å². The molecule has 0 bridgehead atoms. The number of carbonyl (C=O) groups excluding carboxylic acids is 1. The SMILES string of the molecule is COc1ccccc1-n1cc(C(=O)N2CCC(n3nc(C)cc3C)C2)cn1. The van der Waals surface area contributed by atoms with Gasteiger partial charge < -0.3 is 9.64 Å². The summed E-state index contributed by atoms with van der Waals surface area (Å²) in [6.45, 7) is 5.44. The Balaban J connectivity index is 1.51. The maximum absolute atomic E-state index is 12.9. The zero-order valence-corrected chi connectivity index (χ0v) is 15.8. The van der Waals surface area contributed by atoms with Crippen molar-refractivity contribution in [3.05, 3.63) is 59.7 Å². The number of aryl methyl sites for hydroxylation is 2. The van der Waals surface area contributed by atoms with Crippen LogP contribution < -0.4 is 4.74 Å². The van der Waals surface area contributed by atoms with Gasteiger partial charge in [-0.15, -0.1) is 0 Å². The Hall–Kier alpha value is -3.09. The first-order valence-electron chi connectivity index (χ1n) is 9.07. The van der Waals surface area contributed by atoms with Crippen molar-refractivity contribution in [1.29, 1.82) is 0 Å². The number of para-hydroxylation sites is 2. The maximum atomic E-state index is 12.9. The van der Waals surface area contributed by atoms with Crippen LogP contribution in [0.4, 0.5) is 0 Å². The van der Waals surface area contributed by atoms with Gasteiger partial charge in [-0.3, -0.25) is 9.48 Å². The highest BCUT2D eigenvalue weighted by molar-refractivity contribution is 5.94. The predicted molar refractivity (Wildman–Crippen MR) is 101 cm³/mol. The van der Waals surface area contributed by atoms with E-state index in [9.17, 15) is 4.79 Å². The van der Waals surface area contributed by atoms with Crippen molar-refractivity contribution in [2.75, 3.05) is 20.2 Å². The molecule has 7 nitrogen and oxygen atoms in total. The number of ether oxygens (including phenoxy) is 1. The second-order valence-corrected chi connectivity index (χ2v) is 6.91. The van der Waals surface area contributed by atoms with E-state index in [1.807, 2.05) is 40.8 Å². The summed E-state index contributed by atoms with van der Waals surface area (Å²) in [5.41, 5.74) is 3.53. The van der Waals surface area contributed by atoms with Gasteiger partial charge in [0.1, 0.15) is 11.4 Å². The van der Waals surface area contributed by atoms with Crippen LogP contribution in [0.1, 0.15) is 34.2 Å². The van der Waals surface area contributed by atoms with Gasteiger partial charge in [0, 0.05) is 25.0 Å². The van der Waals surface area contributed by atoms with Gasteiger partial charge in [0.2, 0.25) is 0 Å². The molecule has 7 heteroatoms. The lowest BCUT2D eigenvalue weighted by Gasteiger charge is -2.16. The number of aromatic nitrogens is 4. The molecule has 2 aromatic heterocycles. The molecule has 0 radical (unpaired) electrons. The van der Waals surface area contributed by atoms with Crippen LogP contribution in [-0.2, 0) is 0 Å². The summed E-state index contributed by atoms with van der Waals surface area (Å²) in [5.74, 6) is 0.713. The molecule has 0 N–H and O–H groups in total. The van der Waals surface area contributed by atoms with E-state index in [1.54, 1.807) is 24.2 Å². The van der Waals surface area contributed by atoms with E-state index >= 15 is 0 Å². The van der Waals surface area contributed by atoms with Crippen molar-refractivity contribution in [3.8, 4) is 11.4 Å². The number of rotatable bonds is 4. The average Bonchev–Trinajstić information content (AvgIpc) is 3.40. The summed E-state index contributed by atoms with van der Waals surface area (Å²) in [4.78, 5) is 14.8. The Kier molecular flexibility index (Phi) is 4.43. The second-order valence-electron chi connectivity index (χ2n) is 6.91. The van der Waals surface area contributed by atoms with Gasteiger partial charge in [0.25, 0.3) is 5.91 Å². The molecule has 1 unspecified atom stereocenters. The van der Waals surface area contributed by atoms with E-state index in [4.69, 9.17) is 4.74 Å². The summed E-state index contributed by atoms with van der Waals surface area (Å²) in [7, 11) is 1.62. The third-order valence-corrected chi connectivity index (χ3v) is 5.00. The summed E-state index contributed by atoms with van der Waals surface area (Å²) in [6.07, 6.45) is 4.29.